The first-order valence-corrected chi connectivity index (χ1v) is 5.89. The Balaban J connectivity index is 2.97. The molecule has 0 spiro atoms. The average molecular weight is 248 g/mol. The molecule has 0 heterocycles. The lowest BCUT2D eigenvalue weighted by molar-refractivity contribution is 0.0174. The van der Waals surface area contributed by atoms with Crippen molar-refractivity contribution >= 4 is 0 Å². The maximum atomic E-state index is 13.2. The summed E-state index contributed by atoms with van der Waals surface area (Å²) < 4.78 is 26.4. The predicted molar refractivity (Wildman–Crippen MR) is 72.8 cm³/mol. The Morgan fingerprint density at radius 1 is 1.39 bits per heavy atom. The first-order chi connectivity index (χ1) is 8.47. The van der Waals surface area contributed by atoms with Gasteiger partial charge in [0, 0.05) is 12.5 Å². The van der Waals surface area contributed by atoms with E-state index in [9.17, 15) is 8.78 Å². The molecule has 0 aliphatic rings. The molecule has 0 aliphatic carbocycles. The third-order valence-electron chi connectivity index (χ3n) is 2.55. The lowest BCUT2D eigenvalue weighted by atomic mass is 10.00. The van der Waals surface area contributed by atoms with Crippen LogP contribution < -0.4 is 0 Å². The van der Waals surface area contributed by atoms with E-state index in [0.717, 1.165) is 18.1 Å². The van der Waals surface area contributed by atoms with Gasteiger partial charge in [-0.15, -0.1) is 0 Å². The molecule has 0 bridgehead atoms. The van der Waals surface area contributed by atoms with Gasteiger partial charge in [0.05, 0.1) is 0 Å². The van der Waals surface area contributed by atoms with Crippen molar-refractivity contribution in [3.8, 4) is 0 Å². The van der Waals surface area contributed by atoms with Crippen LogP contribution in [0.15, 0.2) is 60.7 Å². The lowest BCUT2D eigenvalue weighted by Gasteiger charge is -2.12. The van der Waals surface area contributed by atoms with Crippen molar-refractivity contribution in [2.75, 3.05) is 0 Å². The highest BCUT2D eigenvalue weighted by Gasteiger charge is 2.23. The minimum Gasteiger partial charge on any atom is -0.202 e. The predicted octanol–water partition coefficient (Wildman–Crippen LogP) is 5.03. The quantitative estimate of drug-likeness (QED) is 0.641. The summed E-state index contributed by atoms with van der Waals surface area (Å²) in [6.45, 7) is 6.49. The Labute approximate surface area is 107 Å². The van der Waals surface area contributed by atoms with Crippen LogP contribution in [0.2, 0.25) is 0 Å². The van der Waals surface area contributed by atoms with Crippen molar-refractivity contribution in [3.05, 3.63) is 71.8 Å². The van der Waals surface area contributed by atoms with E-state index in [4.69, 9.17) is 0 Å². The van der Waals surface area contributed by atoms with E-state index in [1.807, 2.05) is 31.2 Å². The van der Waals surface area contributed by atoms with Gasteiger partial charge in [0.1, 0.15) is 0 Å². The molecule has 1 aromatic rings. The van der Waals surface area contributed by atoms with Crippen molar-refractivity contribution in [3.63, 3.8) is 0 Å². The van der Waals surface area contributed by atoms with Crippen LogP contribution in [0, 0.1) is 0 Å². The van der Waals surface area contributed by atoms with Crippen LogP contribution >= 0.6 is 0 Å². The molecule has 0 radical (unpaired) electrons. The second kappa shape index (κ2) is 6.29. The molecule has 2 heteroatoms. The smallest absolute Gasteiger partial charge is 0.202 e. The monoisotopic (exact) mass is 248 g/mol. The third-order valence-corrected chi connectivity index (χ3v) is 2.55. The fourth-order valence-corrected chi connectivity index (χ4v) is 1.73. The van der Waals surface area contributed by atoms with Gasteiger partial charge in [0.2, 0.25) is 0 Å². The maximum Gasteiger partial charge on any atom is 0.270 e. The summed E-state index contributed by atoms with van der Waals surface area (Å²) in [4.78, 5) is 0. The summed E-state index contributed by atoms with van der Waals surface area (Å²) in [5.74, 6) is -2.79. The van der Waals surface area contributed by atoms with E-state index in [0.29, 0.717) is 6.42 Å². The summed E-state index contributed by atoms with van der Waals surface area (Å²) >= 11 is 0. The van der Waals surface area contributed by atoms with Gasteiger partial charge in [0.15, 0.2) is 0 Å². The number of hydrogen-bond donors (Lipinski definition) is 0. The molecule has 0 aliphatic heterocycles. The lowest BCUT2D eigenvalue weighted by Crippen LogP contribution is -2.07. The van der Waals surface area contributed by atoms with Crippen LogP contribution in [0.5, 0.6) is 0 Å². The number of allylic oxidation sites excluding steroid dienone is 5. The highest BCUT2D eigenvalue weighted by Crippen LogP contribution is 2.27. The normalized spacial score (nSPS) is 13.0. The van der Waals surface area contributed by atoms with E-state index >= 15 is 0 Å². The molecular formula is C16H18F2. The van der Waals surface area contributed by atoms with E-state index < -0.39 is 5.92 Å². The van der Waals surface area contributed by atoms with Crippen molar-refractivity contribution < 1.29 is 8.78 Å². The molecule has 0 saturated carbocycles. The van der Waals surface area contributed by atoms with Crippen molar-refractivity contribution in [2.24, 2.45) is 0 Å². The fraction of sp³-hybridized carbons (Fsp3) is 0.250. The Bertz CT molecular complexity index is 462. The van der Waals surface area contributed by atoms with Gasteiger partial charge < -0.3 is 0 Å². The zero-order valence-electron chi connectivity index (χ0n) is 10.8. The maximum absolute atomic E-state index is 13.2. The van der Waals surface area contributed by atoms with E-state index in [2.05, 4.69) is 6.58 Å². The Kier molecular flexibility index (Phi) is 5.02. The van der Waals surface area contributed by atoms with Crippen LogP contribution in [-0.4, -0.2) is 0 Å². The molecule has 0 N–H and O–H groups in total. The van der Waals surface area contributed by atoms with Gasteiger partial charge in [-0.05, 0) is 30.5 Å². The summed E-state index contributed by atoms with van der Waals surface area (Å²) in [6.07, 6.45) is 8.09. The minimum atomic E-state index is -2.79. The van der Waals surface area contributed by atoms with Gasteiger partial charge in [-0.2, -0.15) is 0 Å². The highest BCUT2D eigenvalue weighted by atomic mass is 19.3. The van der Waals surface area contributed by atoms with Gasteiger partial charge in [-0.3, -0.25) is 0 Å². The Morgan fingerprint density at radius 2 is 2.11 bits per heavy atom. The summed E-state index contributed by atoms with van der Waals surface area (Å²) in [5.41, 5.74) is 1.97. The standard InChI is InChI=1S/C16H18F2/c1-4-7-13(8-5-2)11-14-9-6-10-15(12-14)16(3,17)18/h4-10,12H,1,11H2,2-3H3/b8-5-,13-7+. The minimum absolute atomic E-state index is 0.0541. The number of alkyl halides is 2. The fourth-order valence-electron chi connectivity index (χ4n) is 1.73. The molecule has 0 nitrogen and oxygen atoms in total. The van der Waals surface area contributed by atoms with Crippen molar-refractivity contribution in [1.82, 2.24) is 0 Å². The molecule has 0 amide bonds. The number of hydrogen-bond acceptors (Lipinski definition) is 0. The number of halogens is 2. The van der Waals surface area contributed by atoms with Crippen LogP contribution in [0.3, 0.4) is 0 Å². The SMILES string of the molecule is C=C/C=C(\C=C/C)Cc1cccc(C(C)(F)F)c1. The molecule has 0 atom stereocenters. The van der Waals surface area contributed by atoms with Crippen LogP contribution in [0.1, 0.15) is 25.0 Å². The summed E-state index contributed by atoms with van der Waals surface area (Å²) in [5, 5.41) is 0. The molecule has 1 aromatic carbocycles. The molecule has 96 valence electrons. The first kappa shape index (κ1) is 14.4. The van der Waals surface area contributed by atoms with Crippen LogP contribution in [0.25, 0.3) is 0 Å². The summed E-state index contributed by atoms with van der Waals surface area (Å²) in [7, 11) is 0. The molecule has 0 saturated heterocycles. The van der Waals surface area contributed by atoms with Crippen LogP contribution in [-0.2, 0) is 12.3 Å². The third kappa shape index (κ3) is 4.28. The molecule has 0 unspecified atom stereocenters. The zero-order chi connectivity index (χ0) is 13.6. The van der Waals surface area contributed by atoms with E-state index in [1.54, 1.807) is 18.2 Å². The second-order valence-electron chi connectivity index (χ2n) is 4.24. The number of rotatable bonds is 5. The Hall–Kier alpha value is -1.70. The van der Waals surface area contributed by atoms with E-state index in [1.165, 1.54) is 6.07 Å². The number of benzene rings is 1. The van der Waals surface area contributed by atoms with Gasteiger partial charge in [-0.25, -0.2) is 8.78 Å². The molecular weight excluding hydrogens is 230 g/mol. The topological polar surface area (TPSA) is 0 Å². The molecule has 0 fully saturated rings. The van der Waals surface area contributed by atoms with Gasteiger partial charge in [-0.1, -0.05) is 49.1 Å². The van der Waals surface area contributed by atoms with Gasteiger partial charge in [0.25, 0.3) is 5.92 Å². The van der Waals surface area contributed by atoms with Crippen molar-refractivity contribution in [2.45, 2.75) is 26.2 Å². The molecule has 1 rings (SSSR count). The largest absolute Gasteiger partial charge is 0.270 e. The average Bonchev–Trinajstić information content (AvgIpc) is 2.29. The first-order valence-electron chi connectivity index (χ1n) is 5.89. The second-order valence-corrected chi connectivity index (χ2v) is 4.24. The van der Waals surface area contributed by atoms with Crippen molar-refractivity contribution in [1.29, 1.82) is 0 Å². The zero-order valence-corrected chi connectivity index (χ0v) is 10.8. The highest BCUT2D eigenvalue weighted by molar-refractivity contribution is 5.33. The van der Waals surface area contributed by atoms with Gasteiger partial charge >= 0.3 is 0 Å². The molecule has 18 heavy (non-hydrogen) atoms. The Morgan fingerprint density at radius 3 is 2.67 bits per heavy atom. The van der Waals surface area contributed by atoms with Crippen LogP contribution in [0.4, 0.5) is 8.78 Å². The summed E-state index contributed by atoms with van der Waals surface area (Å²) in [6, 6.07) is 6.54. The van der Waals surface area contributed by atoms with E-state index in [-0.39, 0.29) is 5.56 Å². The molecule has 0 aromatic heterocycles.